The number of hydrogen-bond acceptors (Lipinski definition) is 2. The van der Waals surface area contributed by atoms with E-state index in [1.807, 2.05) is 12.2 Å². The van der Waals surface area contributed by atoms with Gasteiger partial charge in [-0.25, -0.2) is 0 Å². The summed E-state index contributed by atoms with van der Waals surface area (Å²) in [5, 5.41) is 0. The highest BCUT2D eigenvalue weighted by Crippen LogP contribution is 2.32. The highest BCUT2D eigenvalue weighted by molar-refractivity contribution is 9.10. The summed E-state index contributed by atoms with van der Waals surface area (Å²) in [6, 6.07) is 0. The third kappa shape index (κ3) is 1.12. The molecule has 0 aromatic carbocycles. The molecule has 2 nitrogen and oxygen atoms in total. The van der Waals surface area contributed by atoms with Gasteiger partial charge in [0.2, 0.25) is 0 Å². The number of carbonyl (C=O) groups is 1. The molecule has 11 heavy (non-hydrogen) atoms. The van der Waals surface area contributed by atoms with Gasteiger partial charge in [-0.3, -0.25) is 4.79 Å². The van der Waals surface area contributed by atoms with E-state index < -0.39 is 0 Å². The van der Waals surface area contributed by atoms with Crippen molar-refractivity contribution in [1.29, 1.82) is 0 Å². The number of alkyl halides is 2. The molecule has 0 aromatic rings. The van der Waals surface area contributed by atoms with Crippen LogP contribution in [-0.4, -0.2) is 27.6 Å². The van der Waals surface area contributed by atoms with Crippen LogP contribution in [0.2, 0.25) is 0 Å². The Hall–Kier alpha value is 0.330. The van der Waals surface area contributed by atoms with Crippen LogP contribution in [0.4, 0.5) is 0 Å². The average Bonchev–Trinajstić information content (AvgIpc) is 2.44. The molecule has 0 N–H and O–H groups in total. The SMILES string of the molecule is O=C1[C@@H](Br)[C@H]2C=C[C@@H](O2)[C@H]1Br. The molecule has 4 atom stereocenters. The van der Waals surface area contributed by atoms with Gasteiger partial charge in [0.15, 0.2) is 5.78 Å². The number of halogens is 2. The van der Waals surface area contributed by atoms with E-state index in [1.165, 1.54) is 0 Å². The van der Waals surface area contributed by atoms with Crippen LogP contribution in [-0.2, 0) is 9.53 Å². The average molecular weight is 282 g/mol. The van der Waals surface area contributed by atoms with Gasteiger partial charge in [-0.05, 0) is 0 Å². The molecule has 2 aliphatic heterocycles. The Labute approximate surface area is 81.2 Å². The Bertz CT molecular complexity index is 206. The summed E-state index contributed by atoms with van der Waals surface area (Å²) in [5.41, 5.74) is 0. The maximum Gasteiger partial charge on any atom is 0.165 e. The first-order chi connectivity index (χ1) is 5.20. The third-order valence-corrected chi connectivity index (χ3v) is 3.87. The normalized spacial score (nSPS) is 48.4. The molecule has 2 rings (SSSR count). The van der Waals surface area contributed by atoms with E-state index in [0.717, 1.165) is 0 Å². The molecule has 0 aliphatic carbocycles. The summed E-state index contributed by atoms with van der Waals surface area (Å²) in [5.74, 6) is 0.177. The smallest absolute Gasteiger partial charge is 0.165 e. The van der Waals surface area contributed by atoms with E-state index in [9.17, 15) is 4.79 Å². The summed E-state index contributed by atoms with van der Waals surface area (Å²) in [6.07, 6.45) is 3.76. The number of ketones is 1. The molecule has 0 unspecified atom stereocenters. The second-order valence-electron chi connectivity index (χ2n) is 2.66. The van der Waals surface area contributed by atoms with E-state index in [0.29, 0.717) is 0 Å². The molecule has 1 saturated heterocycles. The Balaban J connectivity index is 2.29. The quantitative estimate of drug-likeness (QED) is 0.496. The molecule has 0 radical (unpaired) electrons. The number of rotatable bonds is 0. The topological polar surface area (TPSA) is 26.3 Å². The standard InChI is InChI=1S/C7H6Br2O2/c8-5-3-1-2-4(11-3)6(9)7(5)10/h1-6H/t3-,4-,5-,6+/m1/s1. The molecule has 2 aliphatic rings. The zero-order chi connectivity index (χ0) is 8.01. The lowest BCUT2D eigenvalue weighted by molar-refractivity contribution is -0.125. The zero-order valence-electron chi connectivity index (χ0n) is 5.54. The van der Waals surface area contributed by atoms with Crippen LogP contribution in [0.5, 0.6) is 0 Å². The van der Waals surface area contributed by atoms with E-state index in [4.69, 9.17) is 4.74 Å². The lowest BCUT2D eigenvalue weighted by Crippen LogP contribution is -2.44. The molecular formula is C7H6Br2O2. The fourth-order valence-electron chi connectivity index (χ4n) is 1.30. The summed E-state index contributed by atoms with van der Waals surface area (Å²) in [7, 11) is 0. The van der Waals surface area contributed by atoms with Crippen molar-refractivity contribution < 1.29 is 9.53 Å². The minimum Gasteiger partial charge on any atom is -0.364 e. The van der Waals surface area contributed by atoms with Crippen molar-refractivity contribution in [3.63, 3.8) is 0 Å². The van der Waals surface area contributed by atoms with Crippen molar-refractivity contribution in [3.05, 3.63) is 12.2 Å². The van der Waals surface area contributed by atoms with Crippen LogP contribution in [0.3, 0.4) is 0 Å². The van der Waals surface area contributed by atoms with Crippen LogP contribution in [0.15, 0.2) is 12.2 Å². The molecule has 0 saturated carbocycles. The van der Waals surface area contributed by atoms with Crippen molar-refractivity contribution in [3.8, 4) is 0 Å². The van der Waals surface area contributed by atoms with Gasteiger partial charge in [0.25, 0.3) is 0 Å². The summed E-state index contributed by atoms with van der Waals surface area (Å²) in [6.45, 7) is 0. The van der Waals surface area contributed by atoms with E-state index in [1.54, 1.807) is 0 Å². The number of Topliss-reactive ketones (excluding diaryl/α,β-unsaturated/α-hetero) is 1. The molecule has 0 aromatic heterocycles. The van der Waals surface area contributed by atoms with E-state index >= 15 is 0 Å². The Morgan fingerprint density at radius 1 is 1.18 bits per heavy atom. The lowest BCUT2D eigenvalue weighted by Gasteiger charge is -2.28. The summed E-state index contributed by atoms with van der Waals surface area (Å²) < 4.78 is 5.47. The Morgan fingerprint density at radius 2 is 1.64 bits per heavy atom. The molecule has 0 spiro atoms. The Kier molecular flexibility index (Phi) is 1.93. The van der Waals surface area contributed by atoms with E-state index in [2.05, 4.69) is 31.9 Å². The third-order valence-electron chi connectivity index (χ3n) is 1.93. The van der Waals surface area contributed by atoms with Gasteiger partial charge in [0, 0.05) is 0 Å². The maximum atomic E-state index is 11.4. The van der Waals surface area contributed by atoms with Gasteiger partial charge in [-0.1, -0.05) is 44.0 Å². The maximum absolute atomic E-state index is 11.4. The van der Waals surface area contributed by atoms with Gasteiger partial charge < -0.3 is 4.74 Å². The first kappa shape index (κ1) is 7.95. The van der Waals surface area contributed by atoms with Gasteiger partial charge in [-0.2, -0.15) is 0 Å². The zero-order valence-corrected chi connectivity index (χ0v) is 8.71. The van der Waals surface area contributed by atoms with Crippen LogP contribution < -0.4 is 0 Å². The molecular weight excluding hydrogens is 276 g/mol. The van der Waals surface area contributed by atoms with E-state index in [-0.39, 0.29) is 27.6 Å². The van der Waals surface area contributed by atoms with Crippen molar-refractivity contribution >= 4 is 37.6 Å². The first-order valence-corrected chi connectivity index (χ1v) is 5.19. The number of ether oxygens (including phenoxy) is 1. The van der Waals surface area contributed by atoms with Crippen LogP contribution >= 0.6 is 31.9 Å². The van der Waals surface area contributed by atoms with Gasteiger partial charge >= 0.3 is 0 Å². The molecule has 0 amide bonds. The minimum atomic E-state index is -0.179. The fraction of sp³-hybridized carbons (Fsp3) is 0.571. The largest absolute Gasteiger partial charge is 0.364 e. The van der Waals surface area contributed by atoms with Crippen molar-refractivity contribution in [2.24, 2.45) is 0 Å². The van der Waals surface area contributed by atoms with Crippen molar-refractivity contribution in [2.45, 2.75) is 21.9 Å². The van der Waals surface area contributed by atoms with Crippen LogP contribution in [0.1, 0.15) is 0 Å². The highest BCUT2D eigenvalue weighted by Gasteiger charge is 2.43. The second kappa shape index (κ2) is 2.68. The fourth-order valence-corrected chi connectivity index (χ4v) is 2.83. The Morgan fingerprint density at radius 3 is 2.09 bits per heavy atom. The van der Waals surface area contributed by atoms with Gasteiger partial charge in [-0.15, -0.1) is 0 Å². The highest BCUT2D eigenvalue weighted by atomic mass is 79.9. The predicted octanol–water partition coefficient (Wildman–Crippen LogP) is 1.42. The first-order valence-electron chi connectivity index (χ1n) is 3.36. The number of fused-ring (bicyclic) bond motifs is 2. The van der Waals surface area contributed by atoms with Crippen molar-refractivity contribution in [2.75, 3.05) is 0 Å². The molecule has 60 valence electrons. The van der Waals surface area contributed by atoms with Gasteiger partial charge in [0.1, 0.15) is 9.65 Å². The predicted molar refractivity (Wildman–Crippen MR) is 48.2 cm³/mol. The number of hydrogen-bond donors (Lipinski definition) is 0. The minimum absolute atomic E-state index is 0.0544. The molecule has 2 bridgehead atoms. The molecule has 1 fully saturated rings. The van der Waals surface area contributed by atoms with Crippen LogP contribution in [0.25, 0.3) is 0 Å². The summed E-state index contributed by atoms with van der Waals surface area (Å²) in [4.78, 5) is 11.0. The van der Waals surface area contributed by atoms with Crippen LogP contribution in [0, 0.1) is 0 Å². The second-order valence-corrected chi connectivity index (χ2v) is 4.63. The molecule has 4 heteroatoms. The lowest BCUT2D eigenvalue weighted by atomic mass is 10.1. The summed E-state index contributed by atoms with van der Waals surface area (Å²) >= 11 is 6.58. The monoisotopic (exact) mass is 280 g/mol. The molecule has 2 heterocycles. The number of carbonyl (C=O) groups excluding carboxylic acids is 1. The van der Waals surface area contributed by atoms with Gasteiger partial charge in [0.05, 0.1) is 12.2 Å². The van der Waals surface area contributed by atoms with Crippen molar-refractivity contribution in [1.82, 2.24) is 0 Å².